The molecule has 214 valence electrons. The van der Waals surface area contributed by atoms with E-state index in [1.807, 2.05) is 11.8 Å². The largest absolute Gasteiger partial charge is 0.309 e. The van der Waals surface area contributed by atoms with Crippen molar-refractivity contribution < 1.29 is 0 Å². The molecule has 0 bridgehead atoms. The van der Waals surface area contributed by atoms with Crippen molar-refractivity contribution >= 4 is 55.1 Å². The van der Waals surface area contributed by atoms with E-state index < -0.39 is 0 Å². The number of benzene rings is 8. The third kappa shape index (κ3) is 3.77. The molecule has 1 aromatic heterocycles. The van der Waals surface area contributed by atoms with Crippen LogP contribution in [-0.4, -0.2) is 4.57 Å². The second-order valence-corrected chi connectivity index (χ2v) is 13.2. The SMILES string of the molecule is c1ccc(-n2c3cc4ccccc4cc3c3cccc(-c4ccc(-c5ccc6c7c(cccc57)-c5ccccc5S6)cc4)c32)cc1. The predicted molar refractivity (Wildman–Crippen MR) is 196 cm³/mol. The number of hydrogen-bond donors (Lipinski definition) is 0. The summed E-state index contributed by atoms with van der Waals surface area (Å²) in [6, 6.07) is 60.2. The zero-order valence-corrected chi connectivity index (χ0v) is 25.8. The monoisotopic (exact) mass is 601 g/mol. The van der Waals surface area contributed by atoms with Gasteiger partial charge in [-0.05, 0) is 80.4 Å². The van der Waals surface area contributed by atoms with E-state index in [1.54, 1.807) is 0 Å². The van der Waals surface area contributed by atoms with E-state index in [1.165, 1.54) is 92.2 Å². The Balaban J connectivity index is 1.16. The van der Waals surface area contributed by atoms with Crippen LogP contribution in [0.2, 0.25) is 0 Å². The minimum atomic E-state index is 1.17. The first-order valence-electron chi connectivity index (χ1n) is 15.8. The van der Waals surface area contributed by atoms with Crippen molar-refractivity contribution in [2.24, 2.45) is 0 Å². The Kier molecular flexibility index (Phi) is 5.58. The molecule has 9 aromatic rings. The highest BCUT2D eigenvalue weighted by atomic mass is 32.2. The lowest BCUT2D eigenvalue weighted by atomic mass is 9.91. The summed E-state index contributed by atoms with van der Waals surface area (Å²) in [5, 5.41) is 7.73. The molecule has 0 unspecified atom stereocenters. The van der Waals surface area contributed by atoms with Crippen LogP contribution in [0.25, 0.3) is 82.4 Å². The number of rotatable bonds is 3. The van der Waals surface area contributed by atoms with Gasteiger partial charge < -0.3 is 4.57 Å². The zero-order valence-electron chi connectivity index (χ0n) is 24.9. The fourth-order valence-corrected chi connectivity index (χ4v) is 8.62. The van der Waals surface area contributed by atoms with E-state index in [2.05, 4.69) is 168 Å². The Hall–Kier alpha value is -5.57. The van der Waals surface area contributed by atoms with Crippen molar-refractivity contribution in [3.8, 4) is 39.1 Å². The lowest BCUT2D eigenvalue weighted by Gasteiger charge is -2.21. The molecule has 0 radical (unpaired) electrons. The van der Waals surface area contributed by atoms with Crippen LogP contribution in [0.5, 0.6) is 0 Å². The van der Waals surface area contributed by atoms with Gasteiger partial charge in [0.05, 0.1) is 11.0 Å². The molecular formula is C44H27NS. The van der Waals surface area contributed by atoms with E-state index in [0.29, 0.717) is 0 Å². The molecule has 8 aromatic carbocycles. The normalized spacial score (nSPS) is 12.3. The summed E-state index contributed by atoms with van der Waals surface area (Å²) >= 11 is 1.88. The molecule has 1 aliphatic heterocycles. The summed E-state index contributed by atoms with van der Waals surface area (Å²) in [4.78, 5) is 2.66. The van der Waals surface area contributed by atoms with Gasteiger partial charge in [-0.25, -0.2) is 0 Å². The van der Waals surface area contributed by atoms with Gasteiger partial charge in [0.1, 0.15) is 0 Å². The highest BCUT2D eigenvalue weighted by molar-refractivity contribution is 7.99. The average Bonchev–Trinajstić information content (AvgIpc) is 3.45. The molecule has 0 N–H and O–H groups in total. The maximum absolute atomic E-state index is 2.45. The van der Waals surface area contributed by atoms with E-state index in [4.69, 9.17) is 0 Å². The van der Waals surface area contributed by atoms with Crippen LogP contribution in [0.3, 0.4) is 0 Å². The number of para-hydroxylation sites is 2. The smallest absolute Gasteiger partial charge is 0.0619 e. The van der Waals surface area contributed by atoms with Gasteiger partial charge in [-0.1, -0.05) is 139 Å². The van der Waals surface area contributed by atoms with Crippen LogP contribution < -0.4 is 0 Å². The first kappa shape index (κ1) is 25.7. The Bertz CT molecular complexity index is 2650. The van der Waals surface area contributed by atoms with Crippen molar-refractivity contribution in [3.05, 3.63) is 164 Å². The Morgan fingerprint density at radius 1 is 0.391 bits per heavy atom. The molecule has 0 atom stereocenters. The summed E-state index contributed by atoms with van der Waals surface area (Å²) in [5.41, 5.74) is 11.3. The molecule has 10 rings (SSSR count). The summed E-state index contributed by atoms with van der Waals surface area (Å²) in [7, 11) is 0. The number of aromatic nitrogens is 1. The predicted octanol–water partition coefficient (Wildman–Crippen LogP) is 12.6. The summed E-state index contributed by atoms with van der Waals surface area (Å²) in [6.45, 7) is 0. The average molecular weight is 602 g/mol. The number of hydrogen-bond acceptors (Lipinski definition) is 1. The topological polar surface area (TPSA) is 4.93 Å². The van der Waals surface area contributed by atoms with Gasteiger partial charge in [-0.3, -0.25) is 0 Å². The van der Waals surface area contributed by atoms with Crippen molar-refractivity contribution in [1.82, 2.24) is 4.57 Å². The number of fused-ring (bicyclic) bond motifs is 6. The first-order chi connectivity index (χ1) is 22.8. The van der Waals surface area contributed by atoms with E-state index >= 15 is 0 Å². The van der Waals surface area contributed by atoms with Crippen LogP contribution in [0.1, 0.15) is 0 Å². The van der Waals surface area contributed by atoms with Crippen LogP contribution in [0.15, 0.2) is 174 Å². The molecular weight excluding hydrogens is 575 g/mol. The Labute approximate surface area is 271 Å². The molecule has 2 heterocycles. The van der Waals surface area contributed by atoms with Gasteiger partial charge in [0, 0.05) is 37.2 Å². The minimum Gasteiger partial charge on any atom is -0.309 e. The molecule has 0 saturated carbocycles. The van der Waals surface area contributed by atoms with Crippen LogP contribution in [0, 0.1) is 0 Å². The summed E-state index contributed by atoms with van der Waals surface area (Å²) < 4.78 is 2.45. The standard InChI is InChI=1S/C44H27NS/c1-2-12-32(13-3-1)45-40-27-31-11-5-4-10-30(31)26-39(40)38-18-8-15-34(44(38)45)29-22-20-28(21-23-29)33-24-25-42-43-36(33)16-9-17-37(43)35-14-6-7-19-41(35)46-42/h1-27H. The van der Waals surface area contributed by atoms with Gasteiger partial charge in [0.15, 0.2) is 0 Å². The van der Waals surface area contributed by atoms with Crippen molar-refractivity contribution in [3.63, 3.8) is 0 Å². The van der Waals surface area contributed by atoms with Gasteiger partial charge in [-0.2, -0.15) is 0 Å². The molecule has 0 amide bonds. The van der Waals surface area contributed by atoms with Crippen molar-refractivity contribution in [1.29, 1.82) is 0 Å². The summed E-state index contributed by atoms with van der Waals surface area (Å²) in [5.74, 6) is 0. The van der Waals surface area contributed by atoms with Crippen LogP contribution >= 0.6 is 11.8 Å². The molecule has 0 spiro atoms. The second-order valence-electron chi connectivity index (χ2n) is 12.1. The highest BCUT2D eigenvalue weighted by Crippen LogP contribution is 2.49. The van der Waals surface area contributed by atoms with E-state index in [0.717, 1.165) is 0 Å². The maximum atomic E-state index is 2.45. The fraction of sp³-hybridized carbons (Fsp3) is 0. The molecule has 46 heavy (non-hydrogen) atoms. The van der Waals surface area contributed by atoms with E-state index in [9.17, 15) is 0 Å². The third-order valence-corrected chi connectivity index (χ3v) is 10.7. The van der Waals surface area contributed by atoms with Gasteiger partial charge in [0.25, 0.3) is 0 Å². The molecule has 0 fully saturated rings. The molecule has 0 aliphatic carbocycles. The van der Waals surface area contributed by atoms with E-state index in [-0.39, 0.29) is 0 Å². The molecule has 0 saturated heterocycles. The Morgan fingerprint density at radius 3 is 1.87 bits per heavy atom. The Morgan fingerprint density at radius 2 is 1.04 bits per heavy atom. The fourth-order valence-electron chi connectivity index (χ4n) is 7.49. The minimum absolute atomic E-state index is 1.17. The lowest BCUT2D eigenvalue weighted by Crippen LogP contribution is -1.95. The van der Waals surface area contributed by atoms with Crippen LogP contribution in [0.4, 0.5) is 0 Å². The second kappa shape index (κ2) is 9.97. The highest BCUT2D eigenvalue weighted by Gasteiger charge is 2.21. The first-order valence-corrected chi connectivity index (χ1v) is 16.6. The molecule has 1 nitrogen and oxygen atoms in total. The summed E-state index contributed by atoms with van der Waals surface area (Å²) in [6.07, 6.45) is 0. The van der Waals surface area contributed by atoms with Gasteiger partial charge in [-0.15, -0.1) is 0 Å². The molecule has 1 aliphatic rings. The van der Waals surface area contributed by atoms with Crippen LogP contribution in [-0.2, 0) is 0 Å². The van der Waals surface area contributed by atoms with Crippen molar-refractivity contribution in [2.45, 2.75) is 9.79 Å². The maximum Gasteiger partial charge on any atom is 0.0619 e. The van der Waals surface area contributed by atoms with Gasteiger partial charge in [0.2, 0.25) is 0 Å². The quantitative estimate of drug-likeness (QED) is 0.195. The van der Waals surface area contributed by atoms with Crippen molar-refractivity contribution in [2.75, 3.05) is 0 Å². The number of nitrogens with zero attached hydrogens (tertiary/aromatic N) is 1. The van der Waals surface area contributed by atoms with Gasteiger partial charge >= 0.3 is 0 Å². The third-order valence-electron chi connectivity index (χ3n) is 9.58. The lowest BCUT2D eigenvalue weighted by molar-refractivity contribution is 1.18. The zero-order chi connectivity index (χ0) is 30.2. The molecule has 2 heteroatoms.